The Bertz CT molecular complexity index is 1040. The number of methoxy groups -OCH3 is 1. The standard InChI is InChI=1S/C21H15Cl2NO4/c1-27-21(26)13-2-5-15(6-3-13)24-20(25)11-8-16-7-10-19(28-16)17-9-4-14(22)12-18(17)23/h2-12H,1H3,(H,24,25). The van der Waals surface area contributed by atoms with Crippen molar-refractivity contribution in [2.75, 3.05) is 12.4 Å². The number of ether oxygens (including phenoxy) is 1. The van der Waals surface area contributed by atoms with Gasteiger partial charge in [-0.3, -0.25) is 4.79 Å². The maximum absolute atomic E-state index is 12.1. The topological polar surface area (TPSA) is 68.5 Å². The third-order valence-electron chi connectivity index (χ3n) is 3.80. The number of nitrogens with one attached hydrogen (secondary N) is 1. The molecule has 0 aliphatic carbocycles. The first-order valence-corrected chi connectivity index (χ1v) is 8.94. The van der Waals surface area contributed by atoms with Crippen LogP contribution in [0.1, 0.15) is 16.1 Å². The maximum atomic E-state index is 12.1. The van der Waals surface area contributed by atoms with E-state index in [1.807, 2.05) is 0 Å². The van der Waals surface area contributed by atoms with Crippen molar-refractivity contribution in [2.24, 2.45) is 0 Å². The van der Waals surface area contributed by atoms with Gasteiger partial charge in [0, 0.05) is 22.3 Å². The van der Waals surface area contributed by atoms with E-state index in [-0.39, 0.29) is 5.91 Å². The van der Waals surface area contributed by atoms with Gasteiger partial charge in [-0.25, -0.2) is 4.79 Å². The first-order chi connectivity index (χ1) is 13.5. The molecule has 0 saturated carbocycles. The fourth-order valence-corrected chi connectivity index (χ4v) is 2.93. The van der Waals surface area contributed by atoms with E-state index in [4.69, 9.17) is 27.6 Å². The maximum Gasteiger partial charge on any atom is 0.337 e. The van der Waals surface area contributed by atoms with Crippen LogP contribution in [-0.2, 0) is 9.53 Å². The van der Waals surface area contributed by atoms with Gasteiger partial charge in [0.2, 0.25) is 5.91 Å². The van der Waals surface area contributed by atoms with Crippen molar-refractivity contribution < 1.29 is 18.7 Å². The lowest BCUT2D eigenvalue weighted by molar-refractivity contribution is -0.111. The molecule has 2 aromatic carbocycles. The largest absolute Gasteiger partial charge is 0.465 e. The van der Waals surface area contributed by atoms with Crippen molar-refractivity contribution in [1.82, 2.24) is 0 Å². The van der Waals surface area contributed by atoms with Crippen LogP contribution in [0.5, 0.6) is 0 Å². The van der Waals surface area contributed by atoms with E-state index in [0.717, 1.165) is 0 Å². The highest BCUT2D eigenvalue weighted by Gasteiger charge is 2.09. The van der Waals surface area contributed by atoms with Crippen molar-refractivity contribution in [1.29, 1.82) is 0 Å². The molecule has 7 heteroatoms. The molecule has 28 heavy (non-hydrogen) atoms. The fourth-order valence-electron chi connectivity index (χ4n) is 2.43. The number of amides is 1. The molecule has 0 fully saturated rings. The van der Waals surface area contributed by atoms with E-state index in [0.29, 0.717) is 38.4 Å². The summed E-state index contributed by atoms with van der Waals surface area (Å²) in [4.78, 5) is 23.5. The van der Waals surface area contributed by atoms with Gasteiger partial charge in [-0.2, -0.15) is 0 Å². The number of furan rings is 1. The third kappa shape index (κ3) is 4.82. The van der Waals surface area contributed by atoms with Crippen LogP contribution in [0.4, 0.5) is 5.69 Å². The van der Waals surface area contributed by atoms with Gasteiger partial charge in [0.1, 0.15) is 11.5 Å². The number of hydrogen-bond donors (Lipinski definition) is 1. The number of anilines is 1. The molecule has 0 radical (unpaired) electrons. The summed E-state index contributed by atoms with van der Waals surface area (Å²) in [5.74, 6) is 0.290. The molecule has 3 aromatic rings. The molecule has 142 valence electrons. The van der Waals surface area contributed by atoms with Crippen LogP contribution in [-0.4, -0.2) is 19.0 Å². The lowest BCUT2D eigenvalue weighted by atomic mass is 10.2. The number of carbonyl (C=O) groups excluding carboxylic acids is 2. The minimum absolute atomic E-state index is 0.340. The van der Waals surface area contributed by atoms with Crippen molar-refractivity contribution in [2.45, 2.75) is 0 Å². The molecule has 0 bridgehead atoms. The molecule has 0 aliphatic heterocycles. The third-order valence-corrected chi connectivity index (χ3v) is 4.34. The Balaban J connectivity index is 1.64. The van der Waals surface area contributed by atoms with Crippen molar-refractivity contribution >= 4 is 46.8 Å². The predicted octanol–water partition coefficient (Wildman–Crippen LogP) is 5.69. The first-order valence-electron chi connectivity index (χ1n) is 8.19. The molecule has 5 nitrogen and oxygen atoms in total. The van der Waals surface area contributed by atoms with Gasteiger partial charge >= 0.3 is 5.97 Å². The van der Waals surface area contributed by atoms with Gasteiger partial charge in [-0.1, -0.05) is 23.2 Å². The van der Waals surface area contributed by atoms with Crippen LogP contribution in [0, 0.1) is 0 Å². The second-order valence-corrected chi connectivity index (χ2v) is 6.56. The summed E-state index contributed by atoms with van der Waals surface area (Å²) < 4.78 is 10.3. The summed E-state index contributed by atoms with van der Waals surface area (Å²) in [5.41, 5.74) is 1.66. The van der Waals surface area contributed by atoms with Gasteiger partial charge in [0.05, 0.1) is 17.7 Å². The Morgan fingerprint density at radius 3 is 2.46 bits per heavy atom. The Morgan fingerprint density at radius 1 is 1.04 bits per heavy atom. The SMILES string of the molecule is COC(=O)c1ccc(NC(=O)C=Cc2ccc(-c3ccc(Cl)cc3Cl)o2)cc1. The summed E-state index contributed by atoms with van der Waals surface area (Å²) in [6.07, 6.45) is 2.89. The number of esters is 1. The summed E-state index contributed by atoms with van der Waals surface area (Å²) in [5, 5.41) is 3.71. The zero-order valence-electron chi connectivity index (χ0n) is 14.7. The molecule has 3 rings (SSSR count). The quantitative estimate of drug-likeness (QED) is 0.429. The lowest BCUT2D eigenvalue weighted by Crippen LogP contribution is -2.08. The number of hydrogen-bond acceptors (Lipinski definition) is 4. The van der Waals surface area contributed by atoms with Crippen LogP contribution in [0.2, 0.25) is 10.0 Å². The van der Waals surface area contributed by atoms with Crippen LogP contribution in [0.25, 0.3) is 17.4 Å². The number of benzene rings is 2. The second kappa shape index (κ2) is 8.78. The minimum atomic E-state index is -0.438. The Morgan fingerprint density at radius 2 is 1.79 bits per heavy atom. The summed E-state index contributed by atoms with van der Waals surface area (Å²) in [7, 11) is 1.31. The molecule has 0 atom stereocenters. The van der Waals surface area contributed by atoms with Gasteiger partial charge in [-0.15, -0.1) is 0 Å². The first kappa shape index (κ1) is 19.7. The Kier molecular flexibility index (Phi) is 6.19. The summed E-state index contributed by atoms with van der Waals surface area (Å²) >= 11 is 12.1. The summed E-state index contributed by atoms with van der Waals surface area (Å²) in [6, 6.07) is 15.0. The average molecular weight is 416 g/mol. The zero-order valence-corrected chi connectivity index (χ0v) is 16.3. The minimum Gasteiger partial charge on any atom is -0.465 e. The molecular formula is C21H15Cl2NO4. The fraction of sp³-hybridized carbons (Fsp3) is 0.0476. The normalized spacial score (nSPS) is 10.8. The second-order valence-electron chi connectivity index (χ2n) is 5.72. The van der Waals surface area contributed by atoms with Crippen LogP contribution in [0.15, 0.2) is 65.1 Å². The molecular weight excluding hydrogens is 401 g/mol. The molecule has 0 unspecified atom stereocenters. The van der Waals surface area contributed by atoms with E-state index in [2.05, 4.69) is 10.1 Å². The highest BCUT2D eigenvalue weighted by molar-refractivity contribution is 6.36. The average Bonchev–Trinajstić information content (AvgIpc) is 3.15. The van der Waals surface area contributed by atoms with E-state index in [9.17, 15) is 9.59 Å². The molecule has 0 aliphatic rings. The molecule has 1 heterocycles. The molecule has 1 amide bonds. The van der Waals surface area contributed by atoms with Crippen LogP contribution < -0.4 is 5.32 Å². The van der Waals surface area contributed by atoms with Gasteiger partial charge in [-0.05, 0) is 60.7 Å². The molecule has 0 saturated heterocycles. The predicted molar refractivity (Wildman–Crippen MR) is 110 cm³/mol. The van der Waals surface area contributed by atoms with Gasteiger partial charge in [0.15, 0.2) is 0 Å². The van der Waals surface area contributed by atoms with E-state index in [1.54, 1.807) is 60.7 Å². The smallest absolute Gasteiger partial charge is 0.337 e. The van der Waals surface area contributed by atoms with Gasteiger partial charge in [0.25, 0.3) is 0 Å². The van der Waals surface area contributed by atoms with Gasteiger partial charge < -0.3 is 14.5 Å². The highest BCUT2D eigenvalue weighted by Crippen LogP contribution is 2.31. The van der Waals surface area contributed by atoms with E-state index >= 15 is 0 Å². The highest BCUT2D eigenvalue weighted by atomic mass is 35.5. The van der Waals surface area contributed by atoms with Crippen molar-refractivity contribution in [3.8, 4) is 11.3 Å². The monoisotopic (exact) mass is 415 g/mol. The number of halogens is 2. The van der Waals surface area contributed by atoms with Crippen molar-refractivity contribution in [3.05, 3.63) is 82.0 Å². The molecule has 1 N–H and O–H groups in total. The summed E-state index contributed by atoms with van der Waals surface area (Å²) in [6.45, 7) is 0. The Labute approximate surface area is 171 Å². The molecule has 1 aromatic heterocycles. The van der Waals surface area contributed by atoms with E-state index < -0.39 is 5.97 Å². The van der Waals surface area contributed by atoms with Crippen LogP contribution in [0.3, 0.4) is 0 Å². The van der Waals surface area contributed by atoms with Crippen LogP contribution >= 0.6 is 23.2 Å². The van der Waals surface area contributed by atoms with Crippen molar-refractivity contribution in [3.63, 3.8) is 0 Å². The lowest BCUT2D eigenvalue weighted by Gasteiger charge is -2.03. The number of rotatable bonds is 5. The number of carbonyl (C=O) groups is 2. The van der Waals surface area contributed by atoms with E-state index in [1.165, 1.54) is 13.2 Å². The zero-order chi connectivity index (χ0) is 20.1. The Hall–Kier alpha value is -3.02. The molecule has 0 spiro atoms.